The zero-order chi connectivity index (χ0) is 22.5. The van der Waals surface area contributed by atoms with Gasteiger partial charge in [-0.25, -0.2) is 0 Å². The molecule has 4 rings (SSSR count). The third kappa shape index (κ3) is 4.72. The Hall–Kier alpha value is -3.88. The van der Waals surface area contributed by atoms with Crippen LogP contribution in [0, 0.1) is 11.3 Å². The number of nitriles is 1. The van der Waals surface area contributed by atoms with E-state index in [1.807, 2.05) is 65.5 Å². The minimum absolute atomic E-state index is 0.153. The summed E-state index contributed by atoms with van der Waals surface area (Å²) in [6, 6.07) is 26.4. The molecule has 0 saturated heterocycles. The van der Waals surface area contributed by atoms with E-state index in [4.69, 9.17) is 22.0 Å². The first-order chi connectivity index (χ1) is 15.5. The molecule has 158 valence electrons. The van der Waals surface area contributed by atoms with Gasteiger partial charge >= 0.3 is 0 Å². The lowest BCUT2D eigenvalue weighted by Crippen LogP contribution is -2.26. The fourth-order valence-corrected chi connectivity index (χ4v) is 3.76. The topological polar surface area (TPSA) is 61.9 Å². The highest BCUT2D eigenvalue weighted by Crippen LogP contribution is 2.25. The lowest BCUT2D eigenvalue weighted by atomic mass is 10.1. The van der Waals surface area contributed by atoms with Crippen molar-refractivity contribution >= 4 is 17.5 Å². The Morgan fingerprint density at radius 3 is 2.53 bits per heavy atom. The Labute approximate surface area is 192 Å². The van der Waals surface area contributed by atoms with Gasteiger partial charge in [0.1, 0.15) is 0 Å². The fourth-order valence-electron chi connectivity index (χ4n) is 3.57. The third-order valence-corrected chi connectivity index (χ3v) is 5.54. The van der Waals surface area contributed by atoms with E-state index in [9.17, 15) is 4.79 Å². The van der Waals surface area contributed by atoms with Crippen molar-refractivity contribution in [1.29, 1.82) is 5.26 Å². The van der Waals surface area contributed by atoms with Crippen LogP contribution >= 0.6 is 11.6 Å². The molecule has 4 aromatic rings. The van der Waals surface area contributed by atoms with E-state index in [1.54, 1.807) is 36.2 Å². The standard InChI is InChI=1S/C26H21ClN4O/c1-30(26(32)21-12-7-8-19(14-21)15-28)16-23-18-31(17-22-11-5-6-13-24(22)27)29-25(23)20-9-3-2-4-10-20/h2-14,18H,16-17H2,1H3. The Balaban J connectivity index is 1.64. The summed E-state index contributed by atoms with van der Waals surface area (Å²) in [5.74, 6) is -0.153. The summed E-state index contributed by atoms with van der Waals surface area (Å²) in [6.07, 6.45) is 1.96. The number of benzene rings is 3. The highest BCUT2D eigenvalue weighted by atomic mass is 35.5. The molecule has 0 aliphatic carbocycles. The van der Waals surface area contributed by atoms with Crippen molar-refractivity contribution in [1.82, 2.24) is 14.7 Å². The molecule has 0 radical (unpaired) electrons. The zero-order valence-corrected chi connectivity index (χ0v) is 18.3. The van der Waals surface area contributed by atoms with Gasteiger partial charge in [-0.3, -0.25) is 9.48 Å². The highest BCUT2D eigenvalue weighted by Gasteiger charge is 2.18. The molecular formula is C26H21ClN4O. The molecule has 1 aromatic heterocycles. The lowest BCUT2D eigenvalue weighted by molar-refractivity contribution is 0.0785. The van der Waals surface area contributed by atoms with Crippen LogP contribution in [0.4, 0.5) is 0 Å². The quantitative estimate of drug-likeness (QED) is 0.403. The normalized spacial score (nSPS) is 10.5. The Bertz CT molecular complexity index is 1290. The molecule has 1 amide bonds. The average Bonchev–Trinajstić information content (AvgIpc) is 3.22. The molecule has 3 aromatic carbocycles. The minimum atomic E-state index is -0.153. The summed E-state index contributed by atoms with van der Waals surface area (Å²) in [6.45, 7) is 0.906. The van der Waals surface area contributed by atoms with Crippen LogP contribution in [0.3, 0.4) is 0 Å². The smallest absolute Gasteiger partial charge is 0.253 e. The number of hydrogen-bond donors (Lipinski definition) is 0. The molecule has 0 N–H and O–H groups in total. The maximum absolute atomic E-state index is 13.0. The monoisotopic (exact) mass is 440 g/mol. The van der Waals surface area contributed by atoms with Gasteiger partial charge in [0, 0.05) is 41.5 Å². The van der Waals surface area contributed by atoms with Crippen LogP contribution in [0.1, 0.15) is 27.0 Å². The Kier molecular flexibility index (Phi) is 6.34. The van der Waals surface area contributed by atoms with Gasteiger partial charge in [0.15, 0.2) is 0 Å². The first-order valence-electron chi connectivity index (χ1n) is 10.2. The first kappa shape index (κ1) is 21.4. The first-order valence-corrected chi connectivity index (χ1v) is 10.5. The second-order valence-corrected chi connectivity index (χ2v) is 7.92. The summed E-state index contributed by atoms with van der Waals surface area (Å²) < 4.78 is 1.85. The molecule has 0 aliphatic rings. The van der Waals surface area contributed by atoms with Crippen LogP contribution in [0.5, 0.6) is 0 Å². The van der Waals surface area contributed by atoms with Crippen molar-refractivity contribution in [3.63, 3.8) is 0 Å². The van der Waals surface area contributed by atoms with Gasteiger partial charge in [-0.2, -0.15) is 10.4 Å². The molecule has 6 heteroatoms. The summed E-state index contributed by atoms with van der Waals surface area (Å²) in [4.78, 5) is 14.6. The summed E-state index contributed by atoms with van der Waals surface area (Å²) in [5.41, 5.74) is 4.64. The van der Waals surface area contributed by atoms with Crippen molar-refractivity contribution in [2.45, 2.75) is 13.1 Å². The maximum Gasteiger partial charge on any atom is 0.253 e. The van der Waals surface area contributed by atoms with Crippen molar-refractivity contribution in [2.24, 2.45) is 0 Å². The van der Waals surface area contributed by atoms with Crippen molar-refractivity contribution in [3.05, 3.63) is 112 Å². The number of aromatic nitrogens is 2. The number of rotatable bonds is 6. The van der Waals surface area contributed by atoms with Gasteiger partial charge in [-0.15, -0.1) is 0 Å². The van der Waals surface area contributed by atoms with Crippen LogP contribution in [0.15, 0.2) is 85.1 Å². The second kappa shape index (κ2) is 9.51. The van der Waals surface area contributed by atoms with Gasteiger partial charge < -0.3 is 4.90 Å². The number of hydrogen-bond acceptors (Lipinski definition) is 3. The molecule has 0 bridgehead atoms. The number of carbonyl (C=O) groups excluding carboxylic acids is 1. The summed E-state index contributed by atoms with van der Waals surface area (Å²) >= 11 is 6.34. The zero-order valence-electron chi connectivity index (χ0n) is 17.6. The van der Waals surface area contributed by atoms with Gasteiger partial charge in [0.2, 0.25) is 0 Å². The van der Waals surface area contributed by atoms with Gasteiger partial charge in [0.05, 0.1) is 23.9 Å². The van der Waals surface area contributed by atoms with E-state index in [-0.39, 0.29) is 5.91 Å². The van der Waals surface area contributed by atoms with Crippen LogP contribution in [0.2, 0.25) is 5.02 Å². The molecule has 0 fully saturated rings. The fraction of sp³-hybridized carbons (Fsp3) is 0.115. The minimum Gasteiger partial charge on any atom is -0.337 e. The number of nitrogens with zero attached hydrogens (tertiary/aromatic N) is 4. The predicted octanol–water partition coefficient (Wildman–Crippen LogP) is 5.40. The maximum atomic E-state index is 13.0. The Morgan fingerprint density at radius 1 is 1.03 bits per heavy atom. The van der Waals surface area contributed by atoms with Crippen LogP contribution in [-0.2, 0) is 13.1 Å². The van der Waals surface area contributed by atoms with Gasteiger partial charge in [0.25, 0.3) is 5.91 Å². The van der Waals surface area contributed by atoms with Crippen LogP contribution < -0.4 is 0 Å². The van der Waals surface area contributed by atoms with E-state index < -0.39 is 0 Å². The summed E-state index contributed by atoms with van der Waals surface area (Å²) in [7, 11) is 1.75. The number of carbonyl (C=O) groups is 1. The Morgan fingerprint density at radius 2 is 1.78 bits per heavy atom. The molecule has 5 nitrogen and oxygen atoms in total. The molecule has 0 atom stereocenters. The van der Waals surface area contributed by atoms with E-state index in [2.05, 4.69) is 6.07 Å². The largest absolute Gasteiger partial charge is 0.337 e. The van der Waals surface area contributed by atoms with Gasteiger partial charge in [-0.1, -0.05) is 66.2 Å². The summed E-state index contributed by atoms with van der Waals surface area (Å²) in [5, 5.41) is 14.6. The third-order valence-electron chi connectivity index (χ3n) is 5.17. The average molecular weight is 441 g/mol. The van der Waals surface area contributed by atoms with Crippen LogP contribution in [0.25, 0.3) is 11.3 Å². The molecule has 0 unspecified atom stereocenters. The highest BCUT2D eigenvalue weighted by molar-refractivity contribution is 6.31. The van der Waals surface area contributed by atoms with Crippen molar-refractivity contribution in [3.8, 4) is 17.3 Å². The molecule has 0 aliphatic heterocycles. The molecule has 1 heterocycles. The molecule has 32 heavy (non-hydrogen) atoms. The van der Waals surface area contributed by atoms with Crippen molar-refractivity contribution < 1.29 is 4.79 Å². The number of halogens is 1. The molecular weight excluding hydrogens is 420 g/mol. The molecule has 0 saturated carbocycles. The van der Waals surface area contributed by atoms with Crippen molar-refractivity contribution in [2.75, 3.05) is 7.05 Å². The lowest BCUT2D eigenvalue weighted by Gasteiger charge is -2.17. The van der Waals surface area contributed by atoms with Crippen LogP contribution in [-0.4, -0.2) is 27.6 Å². The number of amides is 1. The van der Waals surface area contributed by atoms with Gasteiger partial charge in [-0.05, 0) is 29.8 Å². The van der Waals surface area contributed by atoms with E-state index in [0.717, 1.165) is 22.4 Å². The van der Waals surface area contributed by atoms with E-state index in [1.165, 1.54) is 0 Å². The van der Waals surface area contributed by atoms with E-state index in [0.29, 0.717) is 29.2 Å². The predicted molar refractivity (Wildman–Crippen MR) is 125 cm³/mol. The second-order valence-electron chi connectivity index (χ2n) is 7.51. The van der Waals surface area contributed by atoms with E-state index >= 15 is 0 Å². The molecule has 0 spiro atoms. The SMILES string of the molecule is CN(Cc1cn(Cc2ccccc2Cl)nc1-c1ccccc1)C(=O)c1cccc(C#N)c1.